The fourth-order valence-corrected chi connectivity index (χ4v) is 4.59. The molecule has 29 heavy (non-hydrogen) atoms. The summed E-state index contributed by atoms with van der Waals surface area (Å²) in [6, 6.07) is 10.1. The Morgan fingerprint density at radius 3 is 2.59 bits per heavy atom. The molecular formula is C21H26N6O2. The summed E-state index contributed by atoms with van der Waals surface area (Å²) in [5, 5.41) is 5.76. The molecule has 0 spiro atoms. The summed E-state index contributed by atoms with van der Waals surface area (Å²) in [4.78, 5) is 37.3. The zero-order valence-corrected chi connectivity index (χ0v) is 16.7. The van der Waals surface area contributed by atoms with Gasteiger partial charge in [-0.2, -0.15) is 0 Å². The van der Waals surface area contributed by atoms with E-state index in [-0.39, 0.29) is 24.4 Å². The number of hydrogen-bond acceptors (Lipinski definition) is 6. The normalized spacial score (nSPS) is 23.0. The molecule has 8 heteroatoms. The number of likely N-dealkylation sites (tertiary alicyclic amines) is 1. The van der Waals surface area contributed by atoms with E-state index in [0.717, 1.165) is 30.3 Å². The molecule has 2 fully saturated rings. The number of nitrogens with one attached hydrogen (secondary N) is 2. The Morgan fingerprint density at radius 1 is 1.10 bits per heavy atom. The first kappa shape index (κ1) is 19.2. The maximum atomic E-state index is 12.9. The minimum atomic E-state index is -0.192. The number of rotatable bonds is 5. The maximum absolute atomic E-state index is 12.9. The molecule has 3 atom stereocenters. The molecule has 0 aliphatic carbocycles. The van der Waals surface area contributed by atoms with E-state index < -0.39 is 0 Å². The van der Waals surface area contributed by atoms with Crippen LogP contribution in [0.4, 0.5) is 11.6 Å². The number of fused-ring (bicyclic) bond motifs is 1. The quantitative estimate of drug-likeness (QED) is 0.794. The third-order valence-electron chi connectivity index (χ3n) is 5.83. The van der Waals surface area contributed by atoms with Gasteiger partial charge in [-0.15, -0.1) is 0 Å². The summed E-state index contributed by atoms with van der Waals surface area (Å²) in [5.41, 5.74) is 1.13. The van der Waals surface area contributed by atoms with Crippen LogP contribution in [0.2, 0.25) is 0 Å². The summed E-state index contributed by atoms with van der Waals surface area (Å²) in [7, 11) is 1.85. The van der Waals surface area contributed by atoms with Crippen LogP contribution >= 0.6 is 0 Å². The van der Waals surface area contributed by atoms with Gasteiger partial charge in [-0.25, -0.2) is 9.97 Å². The number of carbonyl (C=O) groups is 2. The highest BCUT2D eigenvalue weighted by Gasteiger charge is 2.49. The van der Waals surface area contributed by atoms with Crippen LogP contribution in [0.5, 0.6) is 0 Å². The van der Waals surface area contributed by atoms with Gasteiger partial charge in [-0.1, -0.05) is 30.3 Å². The van der Waals surface area contributed by atoms with Crippen molar-refractivity contribution in [1.29, 1.82) is 0 Å². The molecule has 2 aliphatic rings. The Kier molecular flexibility index (Phi) is 5.33. The summed E-state index contributed by atoms with van der Waals surface area (Å²) in [5.74, 6) is 2.03. The molecule has 2 aliphatic heterocycles. The van der Waals surface area contributed by atoms with Crippen LogP contribution in [0.3, 0.4) is 0 Å². The molecule has 1 aromatic heterocycles. The average molecular weight is 394 g/mol. The van der Waals surface area contributed by atoms with Crippen molar-refractivity contribution in [3.8, 4) is 0 Å². The molecule has 4 rings (SSSR count). The second-order valence-corrected chi connectivity index (χ2v) is 7.62. The lowest BCUT2D eigenvalue weighted by Gasteiger charge is -2.30. The van der Waals surface area contributed by atoms with Crippen molar-refractivity contribution in [2.24, 2.45) is 11.8 Å². The lowest BCUT2D eigenvalue weighted by Crippen LogP contribution is -2.41. The van der Waals surface area contributed by atoms with Crippen LogP contribution in [-0.2, 0) is 9.59 Å². The summed E-state index contributed by atoms with van der Waals surface area (Å²) >= 11 is 0. The van der Waals surface area contributed by atoms with Gasteiger partial charge in [-0.3, -0.25) is 9.59 Å². The van der Waals surface area contributed by atoms with E-state index in [1.165, 1.54) is 6.92 Å². The number of nitrogens with zero attached hydrogens (tertiary/aromatic N) is 4. The highest BCUT2D eigenvalue weighted by atomic mass is 16.2. The third-order valence-corrected chi connectivity index (χ3v) is 5.83. The van der Waals surface area contributed by atoms with Crippen molar-refractivity contribution in [1.82, 2.24) is 20.2 Å². The molecule has 2 aromatic rings. The van der Waals surface area contributed by atoms with Gasteiger partial charge >= 0.3 is 0 Å². The predicted molar refractivity (Wildman–Crippen MR) is 110 cm³/mol. The Hall–Kier alpha value is -3.16. The lowest BCUT2D eigenvalue weighted by atomic mass is 9.89. The summed E-state index contributed by atoms with van der Waals surface area (Å²) < 4.78 is 0. The van der Waals surface area contributed by atoms with Gasteiger partial charge in [0.05, 0.1) is 12.6 Å². The van der Waals surface area contributed by atoms with E-state index >= 15 is 0 Å². The third kappa shape index (κ3) is 3.74. The second-order valence-electron chi connectivity index (χ2n) is 7.62. The minimum Gasteiger partial charge on any atom is -0.370 e. The molecule has 2 amide bonds. The van der Waals surface area contributed by atoms with Crippen molar-refractivity contribution < 1.29 is 9.59 Å². The fourth-order valence-electron chi connectivity index (χ4n) is 4.59. The molecule has 2 saturated heterocycles. The van der Waals surface area contributed by atoms with Crippen LogP contribution < -0.4 is 15.5 Å². The van der Waals surface area contributed by atoms with E-state index in [4.69, 9.17) is 0 Å². The van der Waals surface area contributed by atoms with Crippen molar-refractivity contribution in [3.63, 3.8) is 0 Å². The van der Waals surface area contributed by atoms with Crippen LogP contribution in [0.1, 0.15) is 18.5 Å². The van der Waals surface area contributed by atoms with Crippen LogP contribution in [0, 0.1) is 11.8 Å². The molecule has 1 aromatic carbocycles. The van der Waals surface area contributed by atoms with Crippen LogP contribution in [-0.4, -0.2) is 59.9 Å². The first-order valence-electron chi connectivity index (χ1n) is 9.91. The topological polar surface area (TPSA) is 90.5 Å². The highest BCUT2D eigenvalue weighted by Crippen LogP contribution is 2.46. The van der Waals surface area contributed by atoms with Gasteiger partial charge in [0.2, 0.25) is 11.8 Å². The maximum Gasteiger partial charge on any atom is 0.242 e. The standard InChI is InChI=1S/C21H26N6O2/c1-14(28)25-10-18(29)27-12-16-11-26(21-20(22-2)23-8-9-24-21)13-17(16)19(27)15-6-4-3-5-7-15/h3-9,16-17,19H,10-13H2,1-2H3,(H,22,23)(H,25,28)/t16-,17-,19+/m0/s1. The number of aromatic nitrogens is 2. The molecule has 8 nitrogen and oxygen atoms in total. The highest BCUT2D eigenvalue weighted by molar-refractivity contribution is 5.84. The van der Waals surface area contributed by atoms with Crippen molar-refractivity contribution in [2.45, 2.75) is 13.0 Å². The van der Waals surface area contributed by atoms with Crippen LogP contribution in [0.25, 0.3) is 0 Å². The number of hydrogen-bond donors (Lipinski definition) is 2. The van der Waals surface area contributed by atoms with E-state index in [2.05, 4.69) is 37.6 Å². The Balaban J connectivity index is 1.59. The largest absolute Gasteiger partial charge is 0.370 e. The zero-order valence-electron chi connectivity index (χ0n) is 16.7. The van der Waals surface area contributed by atoms with Gasteiger partial charge in [0.1, 0.15) is 0 Å². The first-order chi connectivity index (χ1) is 14.1. The van der Waals surface area contributed by atoms with Gasteiger partial charge < -0.3 is 20.4 Å². The SMILES string of the molecule is CNc1nccnc1N1C[C@H]2CN(C(=O)CNC(C)=O)[C@H](c3ccccc3)[C@H]2C1. The molecule has 0 bridgehead atoms. The molecule has 3 heterocycles. The Bertz CT molecular complexity index is 890. The van der Waals surface area contributed by atoms with Gasteiger partial charge in [0, 0.05) is 57.8 Å². The van der Waals surface area contributed by atoms with Crippen molar-refractivity contribution in [2.75, 3.05) is 43.4 Å². The lowest BCUT2D eigenvalue weighted by molar-refractivity contribution is -0.133. The van der Waals surface area contributed by atoms with Crippen molar-refractivity contribution in [3.05, 3.63) is 48.3 Å². The second kappa shape index (κ2) is 8.06. The molecule has 152 valence electrons. The molecular weight excluding hydrogens is 368 g/mol. The average Bonchev–Trinajstić information content (AvgIpc) is 3.30. The number of anilines is 2. The summed E-state index contributed by atoms with van der Waals surface area (Å²) in [6.45, 7) is 3.77. The Morgan fingerprint density at radius 2 is 1.86 bits per heavy atom. The molecule has 0 unspecified atom stereocenters. The molecule has 2 N–H and O–H groups in total. The molecule has 0 radical (unpaired) electrons. The smallest absolute Gasteiger partial charge is 0.242 e. The van der Waals surface area contributed by atoms with E-state index in [1.807, 2.05) is 30.1 Å². The monoisotopic (exact) mass is 394 g/mol. The van der Waals surface area contributed by atoms with E-state index in [9.17, 15) is 9.59 Å². The van der Waals surface area contributed by atoms with Gasteiger partial charge in [-0.05, 0) is 5.56 Å². The van der Waals surface area contributed by atoms with E-state index in [1.54, 1.807) is 12.4 Å². The fraction of sp³-hybridized carbons (Fsp3) is 0.429. The predicted octanol–water partition coefficient (Wildman–Crippen LogP) is 1.29. The van der Waals surface area contributed by atoms with Gasteiger partial charge in [0.25, 0.3) is 0 Å². The minimum absolute atomic E-state index is 0.0119. The number of carbonyl (C=O) groups excluding carboxylic acids is 2. The van der Waals surface area contributed by atoms with Crippen LogP contribution in [0.15, 0.2) is 42.7 Å². The van der Waals surface area contributed by atoms with Gasteiger partial charge in [0.15, 0.2) is 11.6 Å². The van der Waals surface area contributed by atoms with Crippen molar-refractivity contribution >= 4 is 23.5 Å². The van der Waals surface area contributed by atoms with E-state index in [0.29, 0.717) is 18.4 Å². The number of benzene rings is 1. The zero-order chi connectivity index (χ0) is 20.4. The summed E-state index contributed by atoms with van der Waals surface area (Å²) in [6.07, 6.45) is 3.39. The molecule has 0 saturated carbocycles. The Labute approximate surface area is 170 Å². The number of amides is 2. The first-order valence-corrected chi connectivity index (χ1v) is 9.91.